The Hall–Kier alpha value is -1.61. The Morgan fingerprint density at radius 2 is 2.08 bits per heavy atom. The third kappa shape index (κ3) is 4.76. The Balaban J connectivity index is 1.54. The van der Waals surface area contributed by atoms with Gasteiger partial charge in [-0.1, -0.05) is 24.4 Å². The van der Waals surface area contributed by atoms with Crippen LogP contribution in [0.5, 0.6) is 5.75 Å². The molecule has 2 aromatic rings. The minimum absolute atomic E-state index is 0.200. The standard InChI is InChI=1S/C18H18ClIN2O4/c19-13-8-14(20)18(17-12(13)6-3-7-21-17)26-10-16(24)25-9-15(23)22-11-4-1-2-5-11/h3,6-8,11H,1-2,4-5,9-10H2,(H,22,23). The minimum atomic E-state index is -0.610. The molecule has 0 spiro atoms. The molecule has 8 heteroatoms. The first-order chi connectivity index (χ1) is 12.5. The second kappa shape index (κ2) is 8.85. The average molecular weight is 489 g/mol. The molecule has 1 aromatic heterocycles. The molecule has 1 aliphatic carbocycles. The molecule has 1 amide bonds. The molecule has 1 N–H and O–H groups in total. The van der Waals surface area contributed by atoms with Crippen LogP contribution in [0.3, 0.4) is 0 Å². The summed E-state index contributed by atoms with van der Waals surface area (Å²) in [5, 5.41) is 4.17. The highest BCUT2D eigenvalue weighted by molar-refractivity contribution is 14.1. The van der Waals surface area contributed by atoms with Gasteiger partial charge in [-0.05, 0) is 53.6 Å². The highest BCUT2D eigenvalue weighted by Gasteiger charge is 2.18. The van der Waals surface area contributed by atoms with Gasteiger partial charge in [-0.2, -0.15) is 0 Å². The van der Waals surface area contributed by atoms with Crippen molar-refractivity contribution >= 4 is 57.0 Å². The van der Waals surface area contributed by atoms with Crippen LogP contribution >= 0.6 is 34.2 Å². The number of carbonyl (C=O) groups excluding carboxylic acids is 2. The van der Waals surface area contributed by atoms with Crippen molar-refractivity contribution < 1.29 is 19.1 Å². The number of halogens is 2. The molecule has 0 atom stereocenters. The topological polar surface area (TPSA) is 77.5 Å². The zero-order chi connectivity index (χ0) is 18.5. The second-order valence-electron chi connectivity index (χ2n) is 6.07. The molecule has 1 aliphatic rings. The first-order valence-electron chi connectivity index (χ1n) is 8.35. The number of esters is 1. The van der Waals surface area contributed by atoms with Gasteiger partial charge < -0.3 is 14.8 Å². The number of aromatic nitrogens is 1. The number of hydrogen-bond acceptors (Lipinski definition) is 5. The predicted octanol–water partition coefficient (Wildman–Crippen LogP) is 3.47. The molecule has 3 rings (SSSR count). The lowest BCUT2D eigenvalue weighted by atomic mass is 10.2. The van der Waals surface area contributed by atoms with Crippen molar-refractivity contribution in [1.82, 2.24) is 10.3 Å². The van der Waals surface area contributed by atoms with Crippen molar-refractivity contribution in [3.8, 4) is 5.75 Å². The van der Waals surface area contributed by atoms with Gasteiger partial charge in [0, 0.05) is 17.6 Å². The number of ether oxygens (including phenoxy) is 2. The van der Waals surface area contributed by atoms with Gasteiger partial charge >= 0.3 is 5.97 Å². The van der Waals surface area contributed by atoms with E-state index in [0.717, 1.165) is 34.6 Å². The van der Waals surface area contributed by atoms with Gasteiger partial charge in [0.25, 0.3) is 5.91 Å². The molecule has 0 unspecified atom stereocenters. The van der Waals surface area contributed by atoms with Gasteiger partial charge in [-0.3, -0.25) is 9.78 Å². The summed E-state index contributed by atoms with van der Waals surface area (Å²) in [5.41, 5.74) is 0.580. The maximum absolute atomic E-state index is 11.9. The summed E-state index contributed by atoms with van der Waals surface area (Å²) in [5.74, 6) is -0.419. The van der Waals surface area contributed by atoms with E-state index in [0.29, 0.717) is 16.3 Å². The summed E-state index contributed by atoms with van der Waals surface area (Å²) >= 11 is 8.29. The van der Waals surface area contributed by atoms with E-state index in [1.165, 1.54) is 0 Å². The molecule has 0 saturated heterocycles. The first kappa shape index (κ1) is 19.2. The first-order valence-corrected chi connectivity index (χ1v) is 9.81. The highest BCUT2D eigenvalue weighted by Crippen LogP contribution is 2.34. The summed E-state index contributed by atoms with van der Waals surface area (Å²) in [6.45, 7) is -0.602. The van der Waals surface area contributed by atoms with E-state index in [4.69, 9.17) is 21.1 Å². The van der Waals surface area contributed by atoms with Crippen LogP contribution in [0.2, 0.25) is 5.02 Å². The normalized spacial score (nSPS) is 14.4. The minimum Gasteiger partial charge on any atom is -0.478 e. The summed E-state index contributed by atoms with van der Waals surface area (Å²) in [4.78, 5) is 28.0. The van der Waals surface area contributed by atoms with Crippen molar-refractivity contribution in [2.75, 3.05) is 13.2 Å². The highest BCUT2D eigenvalue weighted by atomic mass is 127. The van der Waals surface area contributed by atoms with Crippen molar-refractivity contribution in [3.63, 3.8) is 0 Å². The third-order valence-corrected chi connectivity index (χ3v) is 5.28. The fourth-order valence-electron chi connectivity index (χ4n) is 2.94. The van der Waals surface area contributed by atoms with Crippen molar-refractivity contribution in [2.24, 2.45) is 0 Å². The number of benzene rings is 1. The fourth-order valence-corrected chi connectivity index (χ4v) is 4.11. The molecule has 0 aliphatic heterocycles. The van der Waals surface area contributed by atoms with Crippen LogP contribution in [0.25, 0.3) is 10.9 Å². The second-order valence-corrected chi connectivity index (χ2v) is 7.64. The Morgan fingerprint density at radius 3 is 2.85 bits per heavy atom. The van der Waals surface area contributed by atoms with Gasteiger partial charge in [0.05, 0.1) is 8.59 Å². The maximum atomic E-state index is 11.9. The van der Waals surface area contributed by atoms with Crippen molar-refractivity contribution in [2.45, 2.75) is 31.7 Å². The van der Waals surface area contributed by atoms with E-state index in [9.17, 15) is 9.59 Å². The van der Waals surface area contributed by atoms with Crippen LogP contribution in [0.4, 0.5) is 0 Å². The third-order valence-electron chi connectivity index (χ3n) is 4.17. The van der Waals surface area contributed by atoms with E-state index in [1.807, 2.05) is 6.07 Å². The van der Waals surface area contributed by atoms with Crippen molar-refractivity contribution in [3.05, 3.63) is 33.0 Å². The Labute approximate surface area is 169 Å². The lowest BCUT2D eigenvalue weighted by Crippen LogP contribution is -2.36. The van der Waals surface area contributed by atoms with Crippen LogP contribution < -0.4 is 10.1 Å². The Bertz CT molecular complexity index is 824. The van der Waals surface area contributed by atoms with Crippen molar-refractivity contribution in [1.29, 1.82) is 0 Å². The number of pyridine rings is 1. The molecule has 0 bridgehead atoms. The molecule has 1 fully saturated rings. The van der Waals surface area contributed by atoms with E-state index in [2.05, 4.69) is 32.9 Å². The van der Waals surface area contributed by atoms with Gasteiger partial charge in [-0.25, -0.2) is 4.79 Å². The van der Waals surface area contributed by atoms with Gasteiger partial charge in [0.1, 0.15) is 5.52 Å². The lowest BCUT2D eigenvalue weighted by molar-refractivity contribution is -0.150. The van der Waals surface area contributed by atoms with E-state index < -0.39 is 5.97 Å². The maximum Gasteiger partial charge on any atom is 0.344 e. The zero-order valence-electron chi connectivity index (χ0n) is 14.0. The number of nitrogens with zero attached hydrogens (tertiary/aromatic N) is 1. The molecule has 138 valence electrons. The number of fused-ring (bicyclic) bond motifs is 1. The summed E-state index contributed by atoms with van der Waals surface area (Å²) in [6, 6.07) is 5.56. The molecule has 1 saturated carbocycles. The van der Waals surface area contributed by atoms with Crippen LogP contribution in [-0.2, 0) is 14.3 Å². The van der Waals surface area contributed by atoms with Crippen LogP contribution in [0.1, 0.15) is 25.7 Å². The monoisotopic (exact) mass is 488 g/mol. The molecular formula is C18H18ClIN2O4. The van der Waals surface area contributed by atoms with Gasteiger partial charge in [-0.15, -0.1) is 0 Å². The largest absolute Gasteiger partial charge is 0.478 e. The number of amides is 1. The lowest BCUT2D eigenvalue weighted by Gasteiger charge is -2.13. The molecular weight excluding hydrogens is 471 g/mol. The number of carbonyl (C=O) groups is 2. The summed E-state index contributed by atoms with van der Waals surface area (Å²) in [7, 11) is 0. The quantitative estimate of drug-likeness (QED) is 0.498. The SMILES string of the molecule is O=C(COC(=O)COc1c(I)cc(Cl)c2cccnc12)NC1CCCC1. The van der Waals surface area contributed by atoms with E-state index >= 15 is 0 Å². The number of hydrogen-bond donors (Lipinski definition) is 1. The number of rotatable bonds is 6. The average Bonchev–Trinajstić information content (AvgIpc) is 3.12. The fraction of sp³-hybridized carbons (Fsp3) is 0.389. The molecule has 0 radical (unpaired) electrons. The van der Waals surface area contributed by atoms with E-state index in [1.54, 1.807) is 18.3 Å². The van der Waals surface area contributed by atoms with Crippen LogP contribution in [0, 0.1) is 3.57 Å². The Morgan fingerprint density at radius 1 is 1.31 bits per heavy atom. The summed E-state index contributed by atoms with van der Waals surface area (Å²) in [6.07, 6.45) is 5.85. The molecule has 26 heavy (non-hydrogen) atoms. The van der Waals surface area contributed by atoms with Crippen LogP contribution in [0.15, 0.2) is 24.4 Å². The predicted molar refractivity (Wildman–Crippen MR) is 106 cm³/mol. The van der Waals surface area contributed by atoms with Gasteiger partial charge in [0.15, 0.2) is 19.0 Å². The smallest absolute Gasteiger partial charge is 0.344 e. The zero-order valence-corrected chi connectivity index (χ0v) is 16.9. The molecule has 1 heterocycles. The van der Waals surface area contributed by atoms with Crippen LogP contribution in [-0.4, -0.2) is 36.1 Å². The number of nitrogens with one attached hydrogen (secondary N) is 1. The van der Waals surface area contributed by atoms with Gasteiger partial charge in [0.2, 0.25) is 0 Å². The molecule has 1 aromatic carbocycles. The Kier molecular flexibility index (Phi) is 6.53. The van der Waals surface area contributed by atoms with E-state index in [-0.39, 0.29) is 25.2 Å². The summed E-state index contributed by atoms with van der Waals surface area (Å²) < 4.78 is 11.3. The molecule has 6 nitrogen and oxygen atoms in total.